The van der Waals surface area contributed by atoms with Gasteiger partial charge in [-0.2, -0.15) is 0 Å². The summed E-state index contributed by atoms with van der Waals surface area (Å²) in [5, 5.41) is 6.62. The predicted octanol–water partition coefficient (Wildman–Crippen LogP) is 4.88. The SMILES string of the molecule is COC(=O)c1ccccc1Nc1cc(NC(C)(C)C)nc(-c2ccccc2)n1. The molecule has 0 amide bonds. The van der Waals surface area contributed by atoms with Crippen LogP contribution in [0.15, 0.2) is 60.7 Å². The van der Waals surface area contributed by atoms with E-state index in [4.69, 9.17) is 4.74 Å². The molecule has 0 fully saturated rings. The first-order valence-corrected chi connectivity index (χ1v) is 9.03. The molecule has 6 nitrogen and oxygen atoms in total. The van der Waals surface area contributed by atoms with Gasteiger partial charge >= 0.3 is 5.97 Å². The van der Waals surface area contributed by atoms with Crippen LogP contribution in [0.5, 0.6) is 0 Å². The fourth-order valence-corrected chi connectivity index (χ4v) is 2.69. The first kappa shape index (κ1) is 19.4. The van der Waals surface area contributed by atoms with Crippen molar-refractivity contribution in [3.63, 3.8) is 0 Å². The highest BCUT2D eigenvalue weighted by molar-refractivity contribution is 5.96. The highest BCUT2D eigenvalue weighted by atomic mass is 16.5. The fraction of sp³-hybridized carbons (Fsp3) is 0.227. The molecule has 0 bridgehead atoms. The monoisotopic (exact) mass is 376 g/mol. The summed E-state index contributed by atoms with van der Waals surface area (Å²) in [4.78, 5) is 21.4. The number of benzene rings is 2. The van der Waals surface area contributed by atoms with Crippen molar-refractivity contribution in [2.45, 2.75) is 26.3 Å². The van der Waals surface area contributed by atoms with Crippen molar-refractivity contribution in [2.75, 3.05) is 17.7 Å². The molecule has 0 atom stereocenters. The average Bonchev–Trinajstić information content (AvgIpc) is 2.67. The Labute approximate surface area is 165 Å². The van der Waals surface area contributed by atoms with Gasteiger partial charge in [-0.25, -0.2) is 14.8 Å². The van der Waals surface area contributed by atoms with Crippen molar-refractivity contribution in [1.82, 2.24) is 9.97 Å². The number of rotatable bonds is 5. The van der Waals surface area contributed by atoms with E-state index in [0.717, 1.165) is 5.56 Å². The normalized spacial score (nSPS) is 11.0. The molecule has 0 saturated carbocycles. The number of nitrogens with one attached hydrogen (secondary N) is 2. The summed E-state index contributed by atoms with van der Waals surface area (Å²) in [5.74, 6) is 1.46. The Balaban J connectivity index is 2.03. The topological polar surface area (TPSA) is 76.1 Å². The smallest absolute Gasteiger partial charge is 0.339 e. The lowest BCUT2D eigenvalue weighted by atomic mass is 10.1. The number of hydrogen-bond acceptors (Lipinski definition) is 6. The second-order valence-corrected chi connectivity index (χ2v) is 7.37. The zero-order valence-electron chi connectivity index (χ0n) is 16.5. The summed E-state index contributed by atoms with van der Waals surface area (Å²) in [7, 11) is 1.36. The maximum absolute atomic E-state index is 12.1. The number of aromatic nitrogens is 2. The van der Waals surface area contributed by atoms with E-state index >= 15 is 0 Å². The van der Waals surface area contributed by atoms with Crippen LogP contribution in [0.2, 0.25) is 0 Å². The van der Waals surface area contributed by atoms with Crippen molar-refractivity contribution in [3.8, 4) is 11.4 Å². The second kappa shape index (κ2) is 8.08. The lowest BCUT2D eigenvalue weighted by Crippen LogP contribution is -2.26. The Hall–Kier alpha value is -3.41. The molecule has 1 heterocycles. The molecule has 1 aromatic heterocycles. The maximum Gasteiger partial charge on any atom is 0.339 e. The molecular formula is C22H24N4O2. The van der Waals surface area contributed by atoms with E-state index in [9.17, 15) is 4.79 Å². The number of anilines is 3. The molecule has 0 unspecified atom stereocenters. The summed E-state index contributed by atoms with van der Waals surface area (Å²) in [6.07, 6.45) is 0. The van der Waals surface area contributed by atoms with Crippen LogP contribution < -0.4 is 10.6 Å². The van der Waals surface area contributed by atoms with Crippen LogP contribution >= 0.6 is 0 Å². The molecule has 0 aliphatic heterocycles. The van der Waals surface area contributed by atoms with Crippen LogP contribution in [0.4, 0.5) is 17.3 Å². The number of esters is 1. The standard InChI is InChI=1S/C22H24N4O2/c1-22(2,3)26-19-14-18(24-20(25-19)15-10-6-5-7-11-15)23-17-13-9-8-12-16(17)21(27)28-4/h5-14H,1-4H3,(H2,23,24,25,26). The van der Waals surface area contributed by atoms with Crippen LogP contribution in [-0.4, -0.2) is 28.6 Å². The van der Waals surface area contributed by atoms with E-state index in [0.29, 0.717) is 28.7 Å². The second-order valence-electron chi connectivity index (χ2n) is 7.37. The molecule has 0 aliphatic carbocycles. The molecule has 2 aromatic carbocycles. The quantitative estimate of drug-likeness (QED) is 0.618. The predicted molar refractivity (Wildman–Crippen MR) is 112 cm³/mol. The number of para-hydroxylation sites is 1. The molecule has 2 N–H and O–H groups in total. The Kier molecular flexibility index (Phi) is 5.59. The molecule has 0 saturated heterocycles. The Morgan fingerprint density at radius 2 is 1.57 bits per heavy atom. The molecule has 0 spiro atoms. The summed E-state index contributed by atoms with van der Waals surface area (Å²) >= 11 is 0. The average molecular weight is 376 g/mol. The molecule has 3 aromatic rings. The van der Waals surface area contributed by atoms with Crippen LogP contribution in [-0.2, 0) is 4.74 Å². The van der Waals surface area contributed by atoms with Gasteiger partial charge in [0.05, 0.1) is 18.4 Å². The number of hydrogen-bond donors (Lipinski definition) is 2. The van der Waals surface area contributed by atoms with Gasteiger partial charge < -0.3 is 15.4 Å². The summed E-state index contributed by atoms with van der Waals surface area (Å²) in [6.45, 7) is 6.20. The molecule has 0 radical (unpaired) electrons. The van der Waals surface area contributed by atoms with E-state index in [-0.39, 0.29) is 5.54 Å². The number of ether oxygens (including phenoxy) is 1. The van der Waals surface area contributed by atoms with Crippen molar-refractivity contribution < 1.29 is 9.53 Å². The van der Waals surface area contributed by atoms with Crippen LogP contribution in [0.3, 0.4) is 0 Å². The van der Waals surface area contributed by atoms with Gasteiger partial charge in [-0.15, -0.1) is 0 Å². The third-order valence-corrected chi connectivity index (χ3v) is 3.86. The summed E-state index contributed by atoms with van der Waals surface area (Å²) in [5.41, 5.74) is 1.80. The number of carbonyl (C=O) groups is 1. The fourth-order valence-electron chi connectivity index (χ4n) is 2.69. The van der Waals surface area contributed by atoms with Crippen molar-refractivity contribution in [3.05, 3.63) is 66.2 Å². The van der Waals surface area contributed by atoms with Crippen molar-refractivity contribution in [2.24, 2.45) is 0 Å². The first-order chi connectivity index (χ1) is 13.4. The van der Waals surface area contributed by atoms with Crippen molar-refractivity contribution in [1.29, 1.82) is 0 Å². The third-order valence-electron chi connectivity index (χ3n) is 3.86. The highest BCUT2D eigenvalue weighted by Crippen LogP contribution is 2.26. The van der Waals surface area contributed by atoms with Crippen LogP contribution in [0, 0.1) is 0 Å². The van der Waals surface area contributed by atoms with Gasteiger partial charge in [-0.3, -0.25) is 0 Å². The molecule has 28 heavy (non-hydrogen) atoms. The first-order valence-electron chi connectivity index (χ1n) is 9.03. The number of methoxy groups -OCH3 is 1. The van der Waals surface area contributed by atoms with E-state index in [1.807, 2.05) is 48.5 Å². The van der Waals surface area contributed by atoms with Gasteiger partial charge in [0, 0.05) is 17.2 Å². The van der Waals surface area contributed by atoms with Crippen LogP contribution in [0.25, 0.3) is 11.4 Å². The third kappa shape index (κ3) is 4.85. The molecular weight excluding hydrogens is 352 g/mol. The highest BCUT2D eigenvalue weighted by Gasteiger charge is 2.15. The van der Waals surface area contributed by atoms with Gasteiger partial charge in [-0.1, -0.05) is 42.5 Å². The van der Waals surface area contributed by atoms with Gasteiger partial charge in [0.2, 0.25) is 0 Å². The molecule has 0 aliphatic rings. The van der Waals surface area contributed by atoms with Gasteiger partial charge in [0.15, 0.2) is 5.82 Å². The minimum absolute atomic E-state index is 0.163. The van der Waals surface area contributed by atoms with Gasteiger partial charge in [0.25, 0.3) is 0 Å². The molecule has 3 rings (SSSR count). The molecule has 6 heteroatoms. The van der Waals surface area contributed by atoms with E-state index in [2.05, 4.69) is 41.4 Å². The zero-order chi connectivity index (χ0) is 20.1. The van der Waals surface area contributed by atoms with Crippen LogP contribution in [0.1, 0.15) is 31.1 Å². The Morgan fingerprint density at radius 3 is 2.25 bits per heavy atom. The van der Waals surface area contributed by atoms with Gasteiger partial charge in [0.1, 0.15) is 11.6 Å². The van der Waals surface area contributed by atoms with E-state index in [1.54, 1.807) is 12.1 Å². The van der Waals surface area contributed by atoms with Gasteiger partial charge in [-0.05, 0) is 32.9 Å². The van der Waals surface area contributed by atoms with E-state index < -0.39 is 5.97 Å². The molecule has 144 valence electrons. The lowest BCUT2D eigenvalue weighted by molar-refractivity contribution is 0.0602. The number of nitrogens with zero attached hydrogens (tertiary/aromatic N) is 2. The number of carbonyl (C=O) groups excluding carboxylic acids is 1. The van der Waals surface area contributed by atoms with Crippen molar-refractivity contribution >= 4 is 23.3 Å². The summed E-state index contributed by atoms with van der Waals surface area (Å²) in [6, 6.07) is 18.8. The largest absolute Gasteiger partial charge is 0.465 e. The minimum Gasteiger partial charge on any atom is -0.465 e. The lowest BCUT2D eigenvalue weighted by Gasteiger charge is -2.22. The zero-order valence-corrected chi connectivity index (χ0v) is 16.5. The Bertz CT molecular complexity index is 966. The summed E-state index contributed by atoms with van der Waals surface area (Å²) < 4.78 is 4.87. The van der Waals surface area contributed by atoms with E-state index in [1.165, 1.54) is 7.11 Å². The minimum atomic E-state index is -0.409. The Morgan fingerprint density at radius 1 is 0.929 bits per heavy atom. The maximum atomic E-state index is 12.1.